The molecule has 3 heteroatoms. The first-order valence-electron chi connectivity index (χ1n) is 7.40. The highest BCUT2D eigenvalue weighted by molar-refractivity contribution is 14.1. The molecule has 3 atom stereocenters. The largest absolute Gasteiger partial charge is 0.348 e. The Morgan fingerprint density at radius 1 is 1.30 bits per heavy atom. The minimum absolute atomic E-state index is 0.0850. The van der Waals surface area contributed by atoms with Gasteiger partial charge in [0, 0.05) is 9.61 Å². The monoisotopic (exact) mass is 383 g/mol. The zero-order valence-electron chi connectivity index (χ0n) is 12.4. The molecule has 0 radical (unpaired) electrons. The molecule has 0 spiro atoms. The Bertz CT molecular complexity index is 549. The first-order valence-corrected chi connectivity index (χ1v) is 8.48. The third kappa shape index (κ3) is 2.09. The van der Waals surface area contributed by atoms with Gasteiger partial charge in [-0.05, 0) is 70.7 Å². The van der Waals surface area contributed by atoms with E-state index < -0.39 is 0 Å². The van der Waals surface area contributed by atoms with Gasteiger partial charge in [-0.2, -0.15) is 0 Å². The lowest BCUT2D eigenvalue weighted by atomic mass is 9.68. The Labute approximate surface area is 134 Å². The highest BCUT2D eigenvalue weighted by Crippen LogP contribution is 2.62. The average Bonchev–Trinajstić information content (AvgIpc) is 2.86. The van der Waals surface area contributed by atoms with Crippen LogP contribution in [0, 0.1) is 20.3 Å². The smallest absolute Gasteiger partial charge is 0.252 e. The zero-order chi connectivity index (χ0) is 14.5. The Balaban J connectivity index is 1.85. The molecule has 2 aliphatic carbocycles. The van der Waals surface area contributed by atoms with E-state index in [0.717, 1.165) is 15.1 Å². The minimum atomic E-state index is 0.0850. The number of rotatable bonds is 2. The highest BCUT2D eigenvalue weighted by atomic mass is 127. The molecule has 2 bridgehead atoms. The zero-order valence-corrected chi connectivity index (χ0v) is 14.5. The summed E-state index contributed by atoms with van der Waals surface area (Å²) in [4.78, 5) is 12.6. The predicted octanol–water partition coefficient (Wildman–Crippen LogP) is 4.24. The molecule has 1 amide bonds. The van der Waals surface area contributed by atoms with Crippen LogP contribution in [0.5, 0.6) is 0 Å². The second kappa shape index (κ2) is 4.72. The van der Waals surface area contributed by atoms with Crippen molar-refractivity contribution in [3.05, 3.63) is 33.4 Å². The molecule has 1 N–H and O–H groups in total. The molecule has 1 aromatic rings. The van der Waals surface area contributed by atoms with Crippen LogP contribution in [0.25, 0.3) is 0 Å². The number of nitrogens with one attached hydrogen (secondary N) is 1. The summed E-state index contributed by atoms with van der Waals surface area (Å²) >= 11 is 2.24. The van der Waals surface area contributed by atoms with Crippen LogP contribution in [-0.2, 0) is 0 Å². The summed E-state index contributed by atoms with van der Waals surface area (Å²) in [5, 5.41) is 3.35. The molecule has 0 aromatic heterocycles. The van der Waals surface area contributed by atoms with Gasteiger partial charge in [-0.15, -0.1) is 0 Å². The van der Waals surface area contributed by atoms with Crippen LogP contribution >= 0.6 is 22.6 Å². The molecule has 2 saturated carbocycles. The predicted molar refractivity (Wildman–Crippen MR) is 89.6 cm³/mol. The van der Waals surface area contributed by atoms with Crippen LogP contribution in [0.4, 0.5) is 0 Å². The molecular weight excluding hydrogens is 361 g/mol. The van der Waals surface area contributed by atoms with Crippen molar-refractivity contribution in [2.75, 3.05) is 0 Å². The van der Waals surface area contributed by atoms with Gasteiger partial charge in [-0.25, -0.2) is 0 Å². The summed E-state index contributed by atoms with van der Waals surface area (Å²) in [5.41, 5.74) is 1.29. The summed E-state index contributed by atoms with van der Waals surface area (Å²) in [6, 6.07) is 8.10. The lowest BCUT2D eigenvalue weighted by Crippen LogP contribution is -2.52. The number of halogens is 1. The number of carbonyl (C=O) groups is 1. The first-order chi connectivity index (χ1) is 9.34. The van der Waals surface area contributed by atoms with Gasteiger partial charge in [0.25, 0.3) is 5.91 Å². The number of carbonyl (C=O) groups excluding carboxylic acids is 1. The molecule has 0 heterocycles. The number of fused-ring (bicyclic) bond motifs is 2. The lowest BCUT2D eigenvalue weighted by molar-refractivity contribution is 0.0737. The molecule has 3 unspecified atom stereocenters. The fraction of sp³-hybridized carbons (Fsp3) is 0.588. The van der Waals surface area contributed by atoms with E-state index in [-0.39, 0.29) is 22.8 Å². The maximum absolute atomic E-state index is 12.6. The van der Waals surface area contributed by atoms with Crippen LogP contribution < -0.4 is 5.32 Å². The van der Waals surface area contributed by atoms with Gasteiger partial charge in [0.2, 0.25) is 0 Å². The van der Waals surface area contributed by atoms with E-state index in [2.05, 4.69) is 48.7 Å². The van der Waals surface area contributed by atoms with Gasteiger partial charge in [-0.1, -0.05) is 32.9 Å². The number of benzene rings is 1. The molecule has 1 aromatic carbocycles. The fourth-order valence-corrected chi connectivity index (χ4v) is 5.15. The van der Waals surface area contributed by atoms with Crippen LogP contribution in [0.2, 0.25) is 0 Å². The van der Waals surface area contributed by atoms with Gasteiger partial charge in [0.05, 0.1) is 5.56 Å². The molecule has 20 heavy (non-hydrogen) atoms. The van der Waals surface area contributed by atoms with Crippen molar-refractivity contribution in [2.24, 2.45) is 16.7 Å². The maximum Gasteiger partial charge on any atom is 0.252 e. The van der Waals surface area contributed by atoms with E-state index in [4.69, 9.17) is 0 Å². The Morgan fingerprint density at radius 3 is 2.60 bits per heavy atom. The van der Waals surface area contributed by atoms with E-state index >= 15 is 0 Å². The van der Waals surface area contributed by atoms with Crippen molar-refractivity contribution in [1.29, 1.82) is 0 Å². The first kappa shape index (κ1) is 14.4. The normalized spacial score (nSPS) is 34.2. The third-order valence-corrected chi connectivity index (χ3v) is 6.60. The SMILES string of the molecule is CC12CCC(C1)C(C)(C)C2NC(=O)c1ccccc1I. The van der Waals surface area contributed by atoms with Gasteiger partial charge in [-0.3, -0.25) is 4.79 Å². The summed E-state index contributed by atoms with van der Waals surface area (Å²) in [5.74, 6) is 0.842. The van der Waals surface area contributed by atoms with E-state index in [1.807, 2.05) is 24.3 Å². The minimum Gasteiger partial charge on any atom is -0.348 e. The molecule has 2 fully saturated rings. The van der Waals surface area contributed by atoms with E-state index in [1.54, 1.807) is 0 Å². The Kier molecular flexibility index (Phi) is 3.39. The Hall–Kier alpha value is -0.580. The molecule has 2 aliphatic rings. The van der Waals surface area contributed by atoms with Crippen LogP contribution in [0.3, 0.4) is 0 Å². The van der Waals surface area contributed by atoms with Crippen LogP contribution in [0.1, 0.15) is 50.4 Å². The second-order valence-corrected chi connectivity index (χ2v) is 8.46. The van der Waals surface area contributed by atoms with Crippen molar-refractivity contribution in [3.8, 4) is 0 Å². The standard InChI is InChI=1S/C17H22INO/c1-16(2)11-8-9-17(3,10-11)15(16)19-14(20)12-6-4-5-7-13(12)18/h4-7,11,15H,8-10H2,1-3H3,(H,19,20). The van der Waals surface area contributed by atoms with Gasteiger partial charge >= 0.3 is 0 Å². The van der Waals surface area contributed by atoms with Crippen molar-refractivity contribution < 1.29 is 4.79 Å². The van der Waals surface area contributed by atoms with Crippen molar-refractivity contribution in [1.82, 2.24) is 5.32 Å². The van der Waals surface area contributed by atoms with E-state index in [0.29, 0.717) is 0 Å². The molecule has 0 saturated heterocycles. The molecule has 108 valence electrons. The lowest BCUT2D eigenvalue weighted by Gasteiger charge is -2.43. The average molecular weight is 383 g/mol. The highest BCUT2D eigenvalue weighted by Gasteiger charge is 2.59. The second-order valence-electron chi connectivity index (χ2n) is 7.30. The summed E-state index contributed by atoms with van der Waals surface area (Å²) in [6.07, 6.45) is 3.83. The number of amides is 1. The van der Waals surface area contributed by atoms with Crippen molar-refractivity contribution in [3.63, 3.8) is 0 Å². The van der Waals surface area contributed by atoms with Crippen molar-refractivity contribution in [2.45, 2.75) is 46.1 Å². The molecule has 3 rings (SSSR count). The number of hydrogen-bond acceptors (Lipinski definition) is 1. The molecule has 2 nitrogen and oxygen atoms in total. The van der Waals surface area contributed by atoms with E-state index in [1.165, 1.54) is 19.3 Å². The fourth-order valence-electron chi connectivity index (χ4n) is 4.52. The van der Waals surface area contributed by atoms with E-state index in [9.17, 15) is 4.79 Å². The summed E-state index contributed by atoms with van der Waals surface area (Å²) in [7, 11) is 0. The molecule has 0 aliphatic heterocycles. The molecular formula is C17H22INO. The van der Waals surface area contributed by atoms with Gasteiger partial charge in [0.15, 0.2) is 0 Å². The third-order valence-electron chi connectivity index (χ3n) is 5.66. The van der Waals surface area contributed by atoms with Crippen LogP contribution in [0.15, 0.2) is 24.3 Å². The van der Waals surface area contributed by atoms with Gasteiger partial charge in [0.1, 0.15) is 0 Å². The Morgan fingerprint density at radius 2 is 2.00 bits per heavy atom. The van der Waals surface area contributed by atoms with Gasteiger partial charge < -0.3 is 5.32 Å². The quantitative estimate of drug-likeness (QED) is 0.761. The van der Waals surface area contributed by atoms with Crippen LogP contribution in [-0.4, -0.2) is 11.9 Å². The topological polar surface area (TPSA) is 29.1 Å². The summed E-state index contributed by atoms with van der Waals surface area (Å²) in [6.45, 7) is 6.99. The maximum atomic E-state index is 12.6. The summed E-state index contributed by atoms with van der Waals surface area (Å²) < 4.78 is 1.02. The number of hydrogen-bond donors (Lipinski definition) is 1. The van der Waals surface area contributed by atoms with Crippen molar-refractivity contribution >= 4 is 28.5 Å².